The minimum atomic E-state index is 0. The first-order chi connectivity index (χ1) is 15.2. The Morgan fingerprint density at radius 2 is 1.94 bits per heavy atom. The number of aliphatic imine (C=N–C) groups is 1. The average molecular weight is 545 g/mol. The van der Waals surface area contributed by atoms with Crippen LogP contribution in [0.15, 0.2) is 64.3 Å². The van der Waals surface area contributed by atoms with Crippen molar-refractivity contribution < 1.29 is 4.42 Å². The van der Waals surface area contributed by atoms with Gasteiger partial charge in [-0.25, -0.2) is 9.98 Å². The van der Waals surface area contributed by atoms with Gasteiger partial charge in [-0.3, -0.25) is 4.40 Å². The fourth-order valence-electron chi connectivity index (χ4n) is 3.22. The Labute approximate surface area is 204 Å². The van der Waals surface area contributed by atoms with Crippen molar-refractivity contribution in [1.29, 1.82) is 0 Å². The molecule has 2 N–H and O–H groups in total. The molecule has 1 aromatic carbocycles. The Morgan fingerprint density at radius 3 is 2.75 bits per heavy atom. The third-order valence-corrected chi connectivity index (χ3v) is 4.85. The van der Waals surface area contributed by atoms with Crippen LogP contribution in [0.25, 0.3) is 17.1 Å². The molecule has 168 valence electrons. The van der Waals surface area contributed by atoms with E-state index < -0.39 is 0 Å². The van der Waals surface area contributed by atoms with Crippen LogP contribution in [-0.4, -0.2) is 38.6 Å². The van der Waals surface area contributed by atoms with Crippen molar-refractivity contribution in [2.75, 3.05) is 13.1 Å². The first-order valence-electron chi connectivity index (χ1n) is 10.5. The summed E-state index contributed by atoms with van der Waals surface area (Å²) < 4.78 is 7.64. The molecule has 32 heavy (non-hydrogen) atoms. The second-order valence-electron chi connectivity index (χ2n) is 7.28. The predicted octanol–water partition coefficient (Wildman–Crippen LogP) is 4.00. The van der Waals surface area contributed by atoms with Crippen LogP contribution >= 0.6 is 24.0 Å². The van der Waals surface area contributed by atoms with Crippen molar-refractivity contribution in [3.8, 4) is 11.5 Å². The van der Waals surface area contributed by atoms with Crippen LogP contribution in [-0.2, 0) is 13.0 Å². The molecule has 8 nitrogen and oxygen atoms in total. The second-order valence-corrected chi connectivity index (χ2v) is 7.28. The highest BCUT2D eigenvalue weighted by atomic mass is 127. The van der Waals surface area contributed by atoms with Crippen molar-refractivity contribution in [1.82, 2.24) is 30.2 Å². The normalized spacial score (nSPS) is 11.4. The zero-order valence-corrected chi connectivity index (χ0v) is 20.6. The molecule has 0 saturated carbocycles. The lowest BCUT2D eigenvalue weighted by Crippen LogP contribution is -2.37. The van der Waals surface area contributed by atoms with Crippen molar-refractivity contribution in [3.05, 3.63) is 72.0 Å². The highest BCUT2D eigenvalue weighted by Crippen LogP contribution is 2.19. The lowest BCUT2D eigenvalue weighted by molar-refractivity contribution is 0.572. The molecule has 0 saturated heterocycles. The van der Waals surface area contributed by atoms with E-state index in [4.69, 9.17) is 4.42 Å². The quantitative estimate of drug-likeness (QED) is 0.151. The van der Waals surface area contributed by atoms with Gasteiger partial charge in [-0.15, -0.1) is 34.2 Å². The molecule has 0 atom stereocenters. The van der Waals surface area contributed by atoms with E-state index in [0.29, 0.717) is 12.4 Å². The van der Waals surface area contributed by atoms with Gasteiger partial charge < -0.3 is 15.1 Å². The van der Waals surface area contributed by atoms with Crippen LogP contribution in [0.2, 0.25) is 0 Å². The Morgan fingerprint density at radius 1 is 1.09 bits per heavy atom. The minimum Gasteiger partial charge on any atom is -0.444 e. The number of aryl methyl sites for hydroxylation is 2. The van der Waals surface area contributed by atoms with E-state index in [0.717, 1.165) is 54.6 Å². The summed E-state index contributed by atoms with van der Waals surface area (Å²) in [6, 6.07) is 14.0. The molecule has 3 heterocycles. The maximum atomic E-state index is 5.62. The highest BCUT2D eigenvalue weighted by Gasteiger charge is 2.07. The summed E-state index contributed by atoms with van der Waals surface area (Å²) in [4.78, 5) is 9.18. The monoisotopic (exact) mass is 545 g/mol. The maximum absolute atomic E-state index is 5.62. The lowest BCUT2D eigenvalue weighted by Gasteiger charge is -2.10. The number of fused-ring (bicyclic) bond motifs is 1. The van der Waals surface area contributed by atoms with Gasteiger partial charge >= 0.3 is 0 Å². The van der Waals surface area contributed by atoms with E-state index in [1.54, 1.807) is 6.26 Å². The fraction of sp³-hybridized carbons (Fsp3) is 0.304. The van der Waals surface area contributed by atoms with E-state index in [1.807, 2.05) is 60.0 Å². The number of halogens is 1. The Balaban J connectivity index is 0.00000289. The van der Waals surface area contributed by atoms with Crippen LogP contribution in [0, 0.1) is 6.92 Å². The molecule has 0 radical (unpaired) electrons. The number of rotatable bonds is 8. The van der Waals surface area contributed by atoms with Crippen LogP contribution in [0.4, 0.5) is 0 Å². The molecule has 0 aliphatic carbocycles. The molecule has 0 fully saturated rings. The van der Waals surface area contributed by atoms with Gasteiger partial charge in [0.15, 0.2) is 11.6 Å². The molecule has 4 rings (SSSR count). The molecule has 4 aromatic rings. The molecular formula is C23H28IN7O. The largest absolute Gasteiger partial charge is 0.444 e. The van der Waals surface area contributed by atoms with Gasteiger partial charge in [0.25, 0.3) is 0 Å². The van der Waals surface area contributed by atoms with Crippen LogP contribution in [0.3, 0.4) is 0 Å². The Kier molecular flexibility index (Phi) is 8.60. The Bertz CT molecular complexity index is 1150. The van der Waals surface area contributed by atoms with E-state index >= 15 is 0 Å². The standard InChI is InChI=1S/C23H27N7O.HI/c1-3-24-23(25-13-6-8-21-29-28-20-7-4-5-14-30(20)21)26-15-19-16-31-22(27-19)18-11-9-17(2)10-12-18;/h4-5,7,9-12,14,16H,3,6,8,13,15H2,1-2H3,(H2,24,25,26);1H. The van der Waals surface area contributed by atoms with Gasteiger partial charge in [0.1, 0.15) is 17.8 Å². The summed E-state index contributed by atoms with van der Waals surface area (Å²) in [6.45, 7) is 6.11. The molecule has 0 spiro atoms. The Hall–Kier alpha value is -2.95. The van der Waals surface area contributed by atoms with Crippen LogP contribution < -0.4 is 10.6 Å². The molecule has 9 heteroatoms. The smallest absolute Gasteiger partial charge is 0.226 e. The average Bonchev–Trinajstić information content (AvgIpc) is 3.43. The first-order valence-corrected chi connectivity index (χ1v) is 10.5. The number of nitrogens with zero attached hydrogens (tertiary/aromatic N) is 5. The van der Waals surface area contributed by atoms with Gasteiger partial charge in [-0.1, -0.05) is 23.8 Å². The van der Waals surface area contributed by atoms with Crippen molar-refractivity contribution in [2.24, 2.45) is 4.99 Å². The first kappa shape index (κ1) is 23.7. The molecule has 3 aromatic heterocycles. The third kappa shape index (κ3) is 6.06. The molecule has 0 bridgehead atoms. The summed E-state index contributed by atoms with van der Waals surface area (Å²) >= 11 is 0. The fourth-order valence-corrected chi connectivity index (χ4v) is 3.22. The summed E-state index contributed by atoms with van der Waals surface area (Å²) in [5.41, 5.74) is 3.84. The summed E-state index contributed by atoms with van der Waals surface area (Å²) in [7, 11) is 0. The molecule has 0 unspecified atom stereocenters. The van der Waals surface area contributed by atoms with E-state index in [-0.39, 0.29) is 24.0 Å². The summed E-state index contributed by atoms with van der Waals surface area (Å²) in [5, 5.41) is 15.1. The van der Waals surface area contributed by atoms with Gasteiger partial charge in [0.05, 0.1) is 6.54 Å². The number of oxazole rings is 1. The maximum Gasteiger partial charge on any atom is 0.226 e. The zero-order valence-electron chi connectivity index (χ0n) is 18.3. The van der Waals surface area contributed by atoms with Gasteiger partial charge in [0.2, 0.25) is 5.89 Å². The molecular weight excluding hydrogens is 517 g/mol. The third-order valence-electron chi connectivity index (χ3n) is 4.85. The van der Waals surface area contributed by atoms with Crippen molar-refractivity contribution in [3.63, 3.8) is 0 Å². The highest BCUT2D eigenvalue weighted by molar-refractivity contribution is 14.0. The van der Waals surface area contributed by atoms with Gasteiger partial charge in [-0.2, -0.15) is 0 Å². The number of aromatic nitrogens is 4. The second kappa shape index (κ2) is 11.6. The van der Waals surface area contributed by atoms with Crippen LogP contribution in [0.1, 0.15) is 30.4 Å². The van der Waals surface area contributed by atoms with E-state index in [2.05, 4.69) is 37.7 Å². The topological polar surface area (TPSA) is 92.6 Å². The molecule has 0 aliphatic heterocycles. The number of nitrogens with one attached hydrogen (secondary N) is 2. The number of pyridine rings is 1. The minimum absolute atomic E-state index is 0. The molecule has 0 amide bonds. The van der Waals surface area contributed by atoms with Gasteiger partial charge in [-0.05, 0) is 44.5 Å². The summed E-state index contributed by atoms with van der Waals surface area (Å²) in [6.07, 6.45) is 5.41. The number of hydrogen-bond acceptors (Lipinski definition) is 5. The van der Waals surface area contributed by atoms with Crippen molar-refractivity contribution >= 4 is 35.6 Å². The summed E-state index contributed by atoms with van der Waals surface area (Å²) in [5.74, 6) is 2.34. The SMILES string of the molecule is CCNC(=NCc1coc(-c2ccc(C)cc2)n1)NCCCc1nnc2ccccn12.I. The number of benzene rings is 1. The lowest BCUT2D eigenvalue weighted by atomic mass is 10.1. The van der Waals surface area contributed by atoms with Crippen LogP contribution in [0.5, 0.6) is 0 Å². The van der Waals surface area contributed by atoms with E-state index in [1.165, 1.54) is 5.56 Å². The molecule has 0 aliphatic rings. The number of hydrogen-bond donors (Lipinski definition) is 2. The van der Waals surface area contributed by atoms with Gasteiger partial charge in [0, 0.05) is 31.3 Å². The van der Waals surface area contributed by atoms with E-state index in [9.17, 15) is 0 Å². The number of guanidine groups is 1. The zero-order chi connectivity index (χ0) is 21.5. The predicted molar refractivity (Wildman–Crippen MR) is 136 cm³/mol. The van der Waals surface area contributed by atoms with Crippen molar-refractivity contribution in [2.45, 2.75) is 33.2 Å².